The number of unbranched alkanes of at least 4 members (excludes halogenated alkanes) is 11. The van der Waals surface area contributed by atoms with Gasteiger partial charge in [0.2, 0.25) is 11.8 Å². The fraction of sp³-hybridized carbons (Fsp3) is 0.913. The summed E-state index contributed by atoms with van der Waals surface area (Å²) in [7, 11) is 0. The Bertz CT molecular complexity index is 1090. The molecule has 4 fully saturated rings. The predicted molar refractivity (Wildman–Crippen MR) is 216 cm³/mol. The van der Waals surface area contributed by atoms with E-state index in [1.807, 2.05) is 0 Å². The molecule has 6 nitrogen and oxygen atoms in total. The predicted octanol–water partition coefficient (Wildman–Crippen LogP) is 10.3. The molecule has 4 rings (SSSR count). The Kier molecular flexibility index (Phi) is 18.0. The lowest BCUT2D eigenvalue weighted by molar-refractivity contribution is -0.203. The SMILES string of the molecule is CCCCCCCC/C=C\CCCCCCCC(=O)NCCNC(=O)CC[C@@H](C)C1CC[C@H]2[C@@H]3[C@H](O)[C@H](CC)[C@@H]4C[C@H](O)CC[C@]4(C)[C@H]3CC[C@]12C. The maximum Gasteiger partial charge on any atom is 0.220 e. The standard InChI is InChI=1S/C46H82N2O4/c1-6-8-9-10-11-12-13-14-15-16-17-18-19-20-21-22-41(50)47-31-32-48-42(51)26-23-34(3)37-24-25-38-43-39(28-30-45(37,38)4)46(5)29-27-35(49)33-40(46)36(7-2)44(43)52/h14-15,34-40,43-44,49,52H,6-13,16-33H2,1-5H3,(H,47,50)(H,48,51)/b15-14-/t34-,35-,36-,37?,38+,39+,40+,43+,44-,45-,46-/m1/s1. The molecule has 0 heterocycles. The van der Waals surface area contributed by atoms with E-state index < -0.39 is 0 Å². The first kappa shape index (κ1) is 43.3. The van der Waals surface area contributed by atoms with E-state index in [-0.39, 0.29) is 34.9 Å². The number of carbonyl (C=O) groups is 2. The highest BCUT2D eigenvalue weighted by atomic mass is 16.3. The highest BCUT2D eigenvalue weighted by molar-refractivity contribution is 5.77. The molecule has 1 unspecified atom stereocenters. The summed E-state index contributed by atoms with van der Waals surface area (Å²) in [5.41, 5.74) is 0.457. The lowest BCUT2D eigenvalue weighted by Gasteiger charge is -2.64. The third kappa shape index (κ3) is 11.3. The summed E-state index contributed by atoms with van der Waals surface area (Å²) >= 11 is 0. The van der Waals surface area contributed by atoms with E-state index >= 15 is 0 Å². The minimum absolute atomic E-state index is 0.0914. The lowest BCUT2D eigenvalue weighted by atomic mass is 9.41. The molecule has 0 aromatic carbocycles. The van der Waals surface area contributed by atoms with E-state index in [1.165, 1.54) is 96.3 Å². The van der Waals surface area contributed by atoms with E-state index in [9.17, 15) is 19.8 Å². The van der Waals surface area contributed by atoms with Crippen molar-refractivity contribution < 1.29 is 19.8 Å². The van der Waals surface area contributed by atoms with Crippen molar-refractivity contribution in [2.75, 3.05) is 13.1 Å². The van der Waals surface area contributed by atoms with Crippen molar-refractivity contribution in [3.8, 4) is 0 Å². The maximum absolute atomic E-state index is 12.8. The molecule has 4 N–H and O–H groups in total. The van der Waals surface area contributed by atoms with Gasteiger partial charge in [0.25, 0.3) is 0 Å². The van der Waals surface area contributed by atoms with Gasteiger partial charge in [0.1, 0.15) is 0 Å². The molecule has 0 radical (unpaired) electrons. The number of aliphatic hydroxyl groups excluding tert-OH is 2. The lowest BCUT2D eigenvalue weighted by Crippen LogP contribution is -2.62. The van der Waals surface area contributed by atoms with Crippen molar-refractivity contribution in [2.24, 2.45) is 52.3 Å². The molecule has 2 amide bonds. The van der Waals surface area contributed by atoms with Gasteiger partial charge in [0.15, 0.2) is 0 Å². The van der Waals surface area contributed by atoms with Crippen molar-refractivity contribution in [1.82, 2.24) is 10.6 Å². The third-order valence-corrected chi connectivity index (χ3v) is 15.4. The van der Waals surface area contributed by atoms with Crippen LogP contribution in [0.1, 0.15) is 189 Å². The molecule has 4 aliphatic carbocycles. The largest absolute Gasteiger partial charge is 0.393 e. The summed E-state index contributed by atoms with van der Waals surface area (Å²) in [6, 6.07) is 0. The minimum Gasteiger partial charge on any atom is -0.393 e. The second kappa shape index (κ2) is 21.6. The van der Waals surface area contributed by atoms with Crippen LogP contribution in [0.3, 0.4) is 0 Å². The molecule has 0 aromatic rings. The molecule has 0 aromatic heterocycles. The van der Waals surface area contributed by atoms with Gasteiger partial charge in [0.05, 0.1) is 12.2 Å². The first-order valence-corrected chi connectivity index (χ1v) is 22.6. The smallest absolute Gasteiger partial charge is 0.220 e. The van der Waals surface area contributed by atoms with E-state index in [0.717, 1.165) is 44.9 Å². The Morgan fingerprint density at radius 3 is 1.94 bits per heavy atom. The summed E-state index contributed by atoms with van der Waals surface area (Å²) in [5.74, 6) is 3.45. The van der Waals surface area contributed by atoms with Crippen molar-refractivity contribution >= 4 is 11.8 Å². The monoisotopic (exact) mass is 727 g/mol. The summed E-state index contributed by atoms with van der Waals surface area (Å²) < 4.78 is 0. The number of aliphatic hydroxyl groups is 2. The van der Waals surface area contributed by atoms with Crippen molar-refractivity contribution in [1.29, 1.82) is 0 Å². The quantitative estimate of drug-likeness (QED) is 0.0622. The number of hydrogen-bond donors (Lipinski definition) is 4. The Balaban J connectivity index is 1.06. The zero-order valence-corrected chi connectivity index (χ0v) is 34.4. The molecule has 6 heteroatoms. The highest BCUT2D eigenvalue weighted by Crippen LogP contribution is 2.69. The molecular weight excluding hydrogens is 645 g/mol. The van der Waals surface area contributed by atoms with Crippen LogP contribution in [-0.2, 0) is 9.59 Å². The van der Waals surface area contributed by atoms with Crippen LogP contribution < -0.4 is 10.6 Å². The number of amides is 2. The van der Waals surface area contributed by atoms with Crippen LogP contribution >= 0.6 is 0 Å². The first-order valence-electron chi connectivity index (χ1n) is 22.6. The number of rotatable bonds is 23. The second-order valence-electron chi connectivity index (χ2n) is 18.7. The molecule has 52 heavy (non-hydrogen) atoms. The topological polar surface area (TPSA) is 98.7 Å². The molecule has 4 aliphatic rings. The zero-order chi connectivity index (χ0) is 37.6. The van der Waals surface area contributed by atoms with Crippen LogP contribution in [0.25, 0.3) is 0 Å². The summed E-state index contributed by atoms with van der Waals surface area (Å²) in [6.07, 6.45) is 31.3. The molecule has 11 atom stereocenters. The minimum atomic E-state index is -0.259. The van der Waals surface area contributed by atoms with Crippen LogP contribution in [0.2, 0.25) is 0 Å². The number of carbonyl (C=O) groups excluding carboxylic acids is 2. The van der Waals surface area contributed by atoms with Gasteiger partial charge in [-0.3, -0.25) is 9.59 Å². The van der Waals surface area contributed by atoms with Crippen molar-refractivity contribution in [2.45, 2.75) is 201 Å². The van der Waals surface area contributed by atoms with Gasteiger partial charge in [-0.2, -0.15) is 0 Å². The molecule has 300 valence electrons. The average Bonchev–Trinajstić information content (AvgIpc) is 3.48. The zero-order valence-electron chi connectivity index (χ0n) is 34.4. The highest BCUT2D eigenvalue weighted by Gasteiger charge is 2.64. The van der Waals surface area contributed by atoms with Crippen LogP contribution in [0.4, 0.5) is 0 Å². The van der Waals surface area contributed by atoms with Gasteiger partial charge in [-0.15, -0.1) is 0 Å². The second-order valence-corrected chi connectivity index (χ2v) is 18.7. The van der Waals surface area contributed by atoms with E-state index in [1.54, 1.807) is 0 Å². The van der Waals surface area contributed by atoms with E-state index in [0.29, 0.717) is 67.4 Å². The van der Waals surface area contributed by atoms with Crippen molar-refractivity contribution in [3.05, 3.63) is 12.2 Å². The fourth-order valence-electron chi connectivity index (χ4n) is 12.4. The average molecular weight is 727 g/mol. The van der Waals surface area contributed by atoms with Crippen LogP contribution in [-0.4, -0.2) is 47.3 Å². The summed E-state index contributed by atoms with van der Waals surface area (Å²) in [5, 5.41) is 28.6. The molecular formula is C46H82N2O4. The van der Waals surface area contributed by atoms with Crippen LogP contribution in [0, 0.1) is 52.3 Å². The Morgan fingerprint density at radius 1 is 0.712 bits per heavy atom. The number of hydrogen-bond acceptors (Lipinski definition) is 4. The van der Waals surface area contributed by atoms with Crippen molar-refractivity contribution in [3.63, 3.8) is 0 Å². The molecule has 4 saturated carbocycles. The number of nitrogens with one attached hydrogen (secondary N) is 2. The van der Waals surface area contributed by atoms with Crippen LogP contribution in [0.15, 0.2) is 12.2 Å². The Morgan fingerprint density at radius 2 is 1.29 bits per heavy atom. The normalized spacial score (nSPS) is 34.8. The fourth-order valence-corrected chi connectivity index (χ4v) is 12.4. The van der Waals surface area contributed by atoms with Crippen LogP contribution in [0.5, 0.6) is 0 Å². The number of allylic oxidation sites excluding steroid dienone is 2. The third-order valence-electron chi connectivity index (χ3n) is 15.4. The van der Waals surface area contributed by atoms with Gasteiger partial charge in [0, 0.05) is 25.9 Å². The van der Waals surface area contributed by atoms with E-state index in [2.05, 4.69) is 57.4 Å². The van der Waals surface area contributed by atoms with E-state index in [4.69, 9.17) is 0 Å². The first-order chi connectivity index (χ1) is 25.1. The summed E-state index contributed by atoms with van der Waals surface area (Å²) in [4.78, 5) is 25.1. The number of fused-ring (bicyclic) bond motifs is 5. The molecule has 0 spiro atoms. The van der Waals surface area contributed by atoms with Gasteiger partial charge in [-0.05, 0) is 136 Å². The molecule has 0 saturated heterocycles. The maximum atomic E-state index is 12.8. The molecule has 0 aliphatic heterocycles. The molecule has 0 bridgehead atoms. The van der Waals surface area contributed by atoms with Gasteiger partial charge < -0.3 is 20.8 Å². The Labute approximate surface area is 319 Å². The van der Waals surface area contributed by atoms with Gasteiger partial charge >= 0.3 is 0 Å². The Hall–Kier alpha value is -1.40. The van der Waals surface area contributed by atoms with Gasteiger partial charge in [-0.25, -0.2) is 0 Å². The van der Waals surface area contributed by atoms with Gasteiger partial charge in [-0.1, -0.05) is 105 Å². The summed E-state index contributed by atoms with van der Waals surface area (Å²) in [6.45, 7) is 12.9.